The normalized spacial score (nSPS) is 16.0. The number of imide groups is 1. The van der Waals surface area contributed by atoms with Gasteiger partial charge in [-0.3, -0.25) is 24.2 Å². The first-order chi connectivity index (χ1) is 17.7. The molecule has 3 aromatic rings. The van der Waals surface area contributed by atoms with Crippen LogP contribution in [0.15, 0.2) is 48.5 Å². The van der Waals surface area contributed by atoms with Gasteiger partial charge in [0.15, 0.2) is 0 Å². The van der Waals surface area contributed by atoms with Crippen molar-refractivity contribution in [3.8, 4) is 0 Å². The number of carbonyl (C=O) groups is 5. The molecular formula is C25H25N5O7. The van der Waals surface area contributed by atoms with Crippen molar-refractivity contribution in [1.82, 2.24) is 19.8 Å². The molecule has 0 spiro atoms. The molecule has 37 heavy (non-hydrogen) atoms. The van der Waals surface area contributed by atoms with Gasteiger partial charge in [0.1, 0.15) is 5.82 Å². The molecule has 0 bridgehead atoms. The summed E-state index contributed by atoms with van der Waals surface area (Å²) in [6.07, 6.45) is 0.496. The quantitative estimate of drug-likeness (QED) is 0.349. The monoisotopic (exact) mass is 507 g/mol. The number of fused-ring (bicyclic) bond motifs is 1. The molecule has 2 aliphatic heterocycles. The fourth-order valence-corrected chi connectivity index (χ4v) is 4.20. The molecule has 0 aliphatic carbocycles. The number of hydrogen-bond donors (Lipinski definition) is 3. The number of aromatic amines is 1. The van der Waals surface area contributed by atoms with Crippen LogP contribution in [0.5, 0.6) is 0 Å². The van der Waals surface area contributed by atoms with Crippen LogP contribution in [0.3, 0.4) is 0 Å². The van der Waals surface area contributed by atoms with E-state index >= 15 is 0 Å². The fraction of sp³-hybridized carbons (Fsp3) is 0.280. The summed E-state index contributed by atoms with van der Waals surface area (Å²) in [6, 6.07) is 14.7. The molecule has 2 fully saturated rings. The molecule has 3 N–H and O–H groups in total. The Labute approximate surface area is 211 Å². The van der Waals surface area contributed by atoms with Crippen molar-refractivity contribution < 1.29 is 34.2 Å². The third-order valence-corrected chi connectivity index (χ3v) is 6.08. The van der Waals surface area contributed by atoms with E-state index in [1.54, 1.807) is 24.3 Å². The number of anilines is 1. The van der Waals surface area contributed by atoms with E-state index in [9.17, 15) is 14.4 Å². The lowest BCUT2D eigenvalue weighted by Gasteiger charge is -2.34. The molecular weight excluding hydrogens is 482 g/mol. The first-order valence-corrected chi connectivity index (χ1v) is 11.6. The van der Waals surface area contributed by atoms with Gasteiger partial charge in [-0.2, -0.15) is 0 Å². The summed E-state index contributed by atoms with van der Waals surface area (Å²) >= 11 is 0. The number of amides is 3. The molecule has 2 aromatic carbocycles. The Balaban J connectivity index is 0.000000480. The summed E-state index contributed by atoms with van der Waals surface area (Å²) in [4.78, 5) is 68.2. The molecule has 0 radical (unpaired) electrons. The second kappa shape index (κ2) is 11.0. The van der Waals surface area contributed by atoms with E-state index in [4.69, 9.17) is 19.8 Å². The van der Waals surface area contributed by atoms with E-state index in [-0.39, 0.29) is 30.6 Å². The van der Waals surface area contributed by atoms with Crippen molar-refractivity contribution in [2.45, 2.75) is 19.4 Å². The number of nitrogens with one attached hydrogen (secondary N) is 1. The number of piperazine rings is 1. The predicted octanol–water partition coefficient (Wildman–Crippen LogP) is 1.33. The van der Waals surface area contributed by atoms with Gasteiger partial charge in [-0.25, -0.2) is 14.6 Å². The largest absolute Gasteiger partial charge is 0.473 e. The van der Waals surface area contributed by atoms with Crippen LogP contribution in [0, 0.1) is 0 Å². The van der Waals surface area contributed by atoms with E-state index in [2.05, 4.69) is 14.9 Å². The minimum atomic E-state index is -1.82. The average molecular weight is 508 g/mol. The molecule has 2 saturated heterocycles. The summed E-state index contributed by atoms with van der Waals surface area (Å²) in [5, 5.41) is 14.8. The first-order valence-electron chi connectivity index (χ1n) is 11.6. The summed E-state index contributed by atoms with van der Waals surface area (Å²) < 4.78 is 0. The van der Waals surface area contributed by atoms with Crippen molar-refractivity contribution in [1.29, 1.82) is 0 Å². The van der Waals surface area contributed by atoms with Gasteiger partial charge in [-0.15, -0.1) is 0 Å². The second-order valence-electron chi connectivity index (χ2n) is 8.55. The second-order valence-corrected chi connectivity index (χ2v) is 8.55. The van der Waals surface area contributed by atoms with Crippen LogP contribution in [0.4, 0.5) is 5.69 Å². The number of rotatable bonds is 4. The van der Waals surface area contributed by atoms with Gasteiger partial charge < -0.3 is 20.1 Å². The molecule has 2 aliphatic rings. The summed E-state index contributed by atoms with van der Waals surface area (Å²) in [7, 11) is 0. The number of H-pyrrole nitrogens is 1. The van der Waals surface area contributed by atoms with E-state index in [1.165, 1.54) is 4.90 Å². The highest BCUT2D eigenvalue weighted by molar-refractivity contribution is 6.27. The number of benzene rings is 2. The lowest BCUT2D eigenvalue weighted by atomic mass is 10.1. The zero-order chi connectivity index (χ0) is 26.5. The lowest BCUT2D eigenvalue weighted by molar-refractivity contribution is -0.159. The van der Waals surface area contributed by atoms with Crippen LogP contribution in [0.2, 0.25) is 0 Å². The van der Waals surface area contributed by atoms with Crippen LogP contribution in [-0.2, 0) is 25.7 Å². The zero-order valence-electron chi connectivity index (χ0n) is 19.8. The summed E-state index contributed by atoms with van der Waals surface area (Å²) in [5.74, 6) is -3.13. The van der Waals surface area contributed by atoms with Crippen molar-refractivity contribution in [3.05, 3.63) is 59.9 Å². The van der Waals surface area contributed by atoms with E-state index in [0.29, 0.717) is 24.3 Å². The maximum absolute atomic E-state index is 12.9. The Bertz CT molecular complexity index is 1280. The predicted molar refractivity (Wildman–Crippen MR) is 131 cm³/mol. The summed E-state index contributed by atoms with van der Waals surface area (Å²) in [6.45, 7) is 3.56. The van der Waals surface area contributed by atoms with Crippen LogP contribution >= 0.6 is 0 Å². The number of imidazole rings is 1. The fourth-order valence-electron chi connectivity index (χ4n) is 4.20. The smallest absolute Gasteiger partial charge is 0.414 e. The molecule has 12 heteroatoms. The highest BCUT2D eigenvalue weighted by Gasteiger charge is 2.30. The molecule has 12 nitrogen and oxygen atoms in total. The number of carboxylic acid groups (broad SMARTS) is 2. The van der Waals surface area contributed by atoms with Gasteiger partial charge in [0.2, 0.25) is 11.8 Å². The Morgan fingerprint density at radius 3 is 2.00 bits per heavy atom. The topological polar surface area (TPSA) is 164 Å². The van der Waals surface area contributed by atoms with Crippen molar-refractivity contribution >= 4 is 46.4 Å². The number of carboxylic acids is 2. The van der Waals surface area contributed by atoms with Crippen LogP contribution in [0.1, 0.15) is 29.0 Å². The zero-order valence-corrected chi connectivity index (χ0v) is 19.8. The number of para-hydroxylation sites is 2. The third-order valence-electron chi connectivity index (χ3n) is 6.08. The minimum Gasteiger partial charge on any atom is -0.473 e. The molecule has 3 heterocycles. The molecule has 0 atom stereocenters. The van der Waals surface area contributed by atoms with Crippen molar-refractivity contribution in [3.63, 3.8) is 0 Å². The minimum absolute atomic E-state index is 0.0333. The number of nitrogens with zero attached hydrogens (tertiary/aromatic N) is 4. The standard InChI is InChI=1S/C23H23N5O3.C2H2O4/c29-21-9-10-22(30)28(21)17-7-5-16(6-8-17)23(31)27-13-11-26(12-14-27)15-20-24-18-3-1-2-4-19(18)25-20;3-1(4)2(5)6/h1-8H,9-15H2,(H,24,25);(H,3,4)(H,5,6). The van der Waals surface area contributed by atoms with Crippen LogP contribution < -0.4 is 4.90 Å². The van der Waals surface area contributed by atoms with Gasteiger partial charge in [-0.05, 0) is 36.4 Å². The van der Waals surface area contributed by atoms with E-state index < -0.39 is 11.9 Å². The van der Waals surface area contributed by atoms with Gasteiger partial charge in [-0.1, -0.05) is 12.1 Å². The summed E-state index contributed by atoms with van der Waals surface area (Å²) in [5.41, 5.74) is 3.09. The number of aliphatic carboxylic acids is 2. The van der Waals surface area contributed by atoms with E-state index in [1.807, 2.05) is 29.2 Å². The number of aromatic nitrogens is 2. The first kappa shape index (κ1) is 25.5. The molecule has 0 saturated carbocycles. The molecule has 3 amide bonds. The Hall–Kier alpha value is -4.58. The van der Waals surface area contributed by atoms with Crippen LogP contribution in [0.25, 0.3) is 11.0 Å². The molecule has 5 rings (SSSR count). The van der Waals surface area contributed by atoms with Gasteiger partial charge >= 0.3 is 11.9 Å². The van der Waals surface area contributed by atoms with Gasteiger partial charge in [0, 0.05) is 44.6 Å². The maximum Gasteiger partial charge on any atom is 0.414 e. The number of hydrogen-bond acceptors (Lipinski definition) is 7. The third kappa shape index (κ3) is 5.98. The van der Waals surface area contributed by atoms with Gasteiger partial charge in [0.25, 0.3) is 5.91 Å². The highest BCUT2D eigenvalue weighted by Crippen LogP contribution is 2.23. The van der Waals surface area contributed by atoms with Gasteiger partial charge in [0.05, 0.1) is 23.3 Å². The van der Waals surface area contributed by atoms with Crippen molar-refractivity contribution in [2.75, 3.05) is 31.1 Å². The van der Waals surface area contributed by atoms with Crippen molar-refractivity contribution in [2.24, 2.45) is 0 Å². The SMILES string of the molecule is O=C(O)C(=O)O.O=C(c1ccc(N2C(=O)CCC2=O)cc1)N1CCN(Cc2nc3ccccc3[nH]2)CC1. The Kier molecular flexibility index (Phi) is 7.58. The Morgan fingerprint density at radius 1 is 0.838 bits per heavy atom. The lowest BCUT2D eigenvalue weighted by Crippen LogP contribution is -2.48. The number of carbonyl (C=O) groups excluding carboxylic acids is 3. The average Bonchev–Trinajstić information content (AvgIpc) is 3.46. The Morgan fingerprint density at radius 2 is 1.43 bits per heavy atom. The maximum atomic E-state index is 12.9. The highest BCUT2D eigenvalue weighted by atomic mass is 16.4. The molecule has 1 aromatic heterocycles. The molecule has 192 valence electrons. The van der Waals surface area contributed by atoms with E-state index in [0.717, 1.165) is 36.5 Å². The van der Waals surface area contributed by atoms with Crippen LogP contribution in [-0.4, -0.2) is 85.8 Å². The molecule has 0 unspecified atom stereocenters.